The monoisotopic (exact) mass is 521 g/mol. The zero-order chi connectivity index (χ0) is 27.4. The number of carboxylic acids is 1. The molecule has 0 spiro atoms. The van der Waals surface area contributed by atoms with Gasteiger partial charge in [-0.15, -0.1) is 0 Å². The first kappa shape index (κ1) is 25.5. The van der Waals surface area contributed by atoms with E-state index in [2.05, 4.69) is 10.3 Å². The summed E-state index contributed by atoms with van der Waals surface area (Å²) in [5, 5.41) is 12.4. The van der Waals surface area contributed by atoms with E-state index in [1.54, 1.807) is 42.6 Å². The average Bonchev–Trinajstić information content (AvgIpc) is 3.38. The molecule has 39 heavy (non-hydrogen) atoms. The zero-order valence-electron chi connectivity index (χ0n) is 21.5. The molecule has 0 unspecified atom stereocenters. The van der Waals surface area contributed by atoms with Crippen LogP contribution in [0, 0.1) is 6.92 Å². The molecular formula is C31H27N3O5. The molecule has 5 aromatic rings. The van der Waals surface area contributed by atoms with Gasteiger partial charge < -0.3 is 14.6 Å². The molecule has 0 aliphatic rings. The van der Waals surface area contributed by atoms with E-state index in [4.69, 9.17) is 9.47 Å². The number of aromatic nitrogens is 2. The van der Waals surface area contributed by atoms with Crippen LogP contribution in [0.2, 0.25) is 0 Å². The Labute approximate surface area is 225 Å². The number of para-hydroxylation sites is 1. The number of nitrogens with zero attached hydrogens (tertiary/aromatic N) is 2. The van der Waals surface area contributed by atoms with Crippen molar-refractivity contribution in [1.82, 2.24) is 9.38 Å². The number of carbonyl (C=O) groups is 2. The molecule has 2 aromatic heterocycles. The second kappa shape index (κ2) is 11.1. The van der Waals surface area contributed by atoms with Crippen molar-refractivity contribution in [2.75, 3.05) is 11.9 Å². The van der Waals surface area contributed by atoms with E-state index < -0.39 is 18.2 Å². The number of hydrogen-bond acceptors (Lipinski definition) is 5. The van der Waals surface area contributed by atoms with E-state index in [0.29, 0.717) is 40.6 Å². The third kappa shape index (κ3) is 5.45. The lowest BCUT2D eigenvalue weighted by molar-refractivity contribution is 0.0697. The molecule has 8 heteroatoms. The summed E-state index contributed by atoms with van der Waals surface area (Å²) < 4.78 is 13.5. The van der Waals surface area contributed by atoms with Crippen molar-refractivity contribution in [2.45, 2.75) is 20.0 Å². The summed E-state index contributed by atoms with van der Waals surface area (Å²) in [5.41, 5.74) is 5.17. The highest BCUT2D eigenvalue weighted by molar-refractivity contribution is 5.96. The number of pyridine rings is 1. The van der Waals surface area contributed by atoms with Gasteiger partial charge >= 0.3 is 12.1 Å². The number of benzene rings is 3. The molecule has 3 aromatic carbocycles. The number of rotatable bonds is 8. The van der Waals surface area contributed by atoms with Crippen molar-refractivity contribution in [3.8, 4) is 17.0 Å². The van der Waals surface area contributed by atoms with Crippen LogP contribution in [-0.4, -0.2) is 33.2 Å². The highest BCUT2D eigenvalue weighted by atomic mass is 16.6. The maximum Gasteiger partial charge on any atom is 0.412 e. The van der Waals surface area contributed by atoms with Gasteiger partial charge in [0.05, 0.1) is 24.1 Å². The minimum absolute atomic E-state index is 0.211. The molecule has 0 aliphatic carbocycles. The van der Waals surface area contributed by atoms with Crippen LogP contribution >= 0.6 is 0 Å². The average molecular weight is 522 g/mol. The lowest BCUT2D eigenvalue weighted by Crippen LogP contribution is -2.20. The number of hydrogen-bond donors (Lipinski definition) is 2. The van der Waals surface area contributed by atoms with E-state index in [1.807, 2.05) is 72.8 Å². The summed E-state index contributed by atoms with van der Waals surface area (Å²) in [7, 11) is 0. The van der Waals surface area contributed by atoms with Crippen LogP contribution in [0.25, 0.3) is 16.8 Å². The fraction of sp³-hybridized carbons (Fsp3) is 0.129. The number of fused-ring (bicyclic) bond motifs is 1. The Morgan fingerprint density at radius 2 is 1.67 bits per heavy atom. The van der Waals surface area contributed by atoms with Crippen molar-refractivity contribution in [3.63, 3.8) is 0 Å². The molecule has 1 atom stereocenters. The standard InChI is InChI=1S/C31H27N3O5/c1-3-38-27-19-34-26(18-13-20(2)29(34)33-27)28(39-31(37)32-23-9-5-4-6-10-23)22-16-14-21(15-17-22)24-11-7-8-12-25(24)30(35)36/h4-19,28H,3H2,1-2H3,(H,32,37)(H,35,36)/t28-/m1/s1. The topological polar surface area (TPSA) is 102 Å². The first-order valence-corrected chi connectivity index (χ1v) is 12.5. The number of anilines is 1. The molecule has 2 N–H and O–H groups in total. The van der Waals surface area contributed by atoms with Gasteiger partial charge in [-0.2, -0.15) is 4.98 Å². The molecule has 8 nitrogen and oxygen atoms in total. The largest absolute Gasteiger partial charge is 0.478 e. The van der Waals surface area contributed by atoms with Crippen molar-refractivity contribution in [3.05, 3.63) is 120 Å². The quantitative estimate of drug-likeness (QED) is 0.234. The SMILES string of the molecule is CCOc1cn2c([C@H](OC(=O)Nc3ccccc3)c3ccc(-c4ccccc4C(=O)O)cc3)ccc(C)c2n1. The molecule has 0 bridgehead atoms. The van der Waals surface area contributed by atoms with Crippen LogP contribution in [0.15, 0.2) is 97.2 Å². The van der Waals surface area contributed by atoms with Crippen LogP contribution in [0.3, 0.4) is 0 Å². The molecule has 5 rings (SSSR count). The summed E-state index contributed by atoms with van der Waals surface area (Å²) in [6, 6.07) is 27.0. The molecule has 1 amide bonds. The minimum Gasteiger partial charge on any atom is -0.478 e. The first-order chi connectivity index (χ1) is 18.9. The summed E-state index contributed by atoms with van der Waals surface area (Å²) in [5.74, 6) is -0.526. The molecule has 196 valence electrons. The van der Waals surface area contributed by atoms with E-state index in [1.165, 1.54) is 0 Å². The van der Waals surface area contributed by atoms with Gasteiger partial charge in [-0.25, -0.2) is 9.59 Å². The molecule has 0 radical (unpaired) electrons. The van der Waals surface area contributed by atoms with E-state index in [-0.39, 0.29) is 5.56 Å². The van der Waals surface area contributed by atoms with Crippen LogP contribution in [-0.2, 0) is 4.74 Å². The van der Waals surface area contributed by atoms with Gasteiger partial charge in [-0.05, 0) is 60.4 Å². The van der Waals surface area contributed by atoms with Crippen LogP contribution in [0.5, 0.6) is 5.88 Å². The number of aromatic carboxylic acids is 1. The Bertz CT molecular complexity index is 1630. The van der Waals surface area contributed by atoms with Crippen LogP contribution in [0.1, 0.15) is 40.2 Å². The first-order valence-electron chi connectivity index (χ1n) is 12.5. The normalized spacial score (nSPS) is 11.6. The highest BCUT2D eigenvalue weighted by Gasteiger charge is 2.24. The summed E-state index contributed by atoms with van der Waals surface area (Å²) in [6.45, 7) is 4.31. The lowest BCUT2D eigenvalue weighted by Gasteiger charge is -2.21. The van der Waals surface area contributed by atoms with Gasteiger partial charge in [0, 0.05) is 5.69 Å². The predicted molar refractivity (Wildman–Crippen MR) is 148 cm³/mol. The predicted octanol–water partition coefficient (Wildman–Crippen LogP) is 6.74. The summed E-state index contributed by atoms with van der Waals surface area (Å²) in [4.78, 5) is 29.4. The van der Waals surface area contributed by atoms with Gasteiger partial charge in [0.25, 0.3) is 0 Å². The minimum atomic E-state index is -0.999. The summed E-state index contributed by atoms with van der Waals surface area (Å²) in [6.07, 6.45) is 0.360. The number of nitrogens with one attached hydrogen (secondary N) is 1. The van der Waals surface area contributed by atoms with Crippen molar-refractivity contribution < 1.29 is 24.2 Å². The zero-order valence-corrected chi connectivity index (χ0v) is 21.5. The molecular weight excluding hydrogens is 494 g/mol. The fourth-order valence-corrected chi connectivity index (χ4v) is 4.46. The molecule has 2 heterocycles. The van der Waals surface area contributed by atoms with E-state index >= 15 is 0 Å². The maximum absolute atomic E-state index is 13.0. The number of carbonyl (C=O) groups excluding carboxylic acids is 1. The molecule has 0 fully saturated rings. The summed E-state index contributed by atoms with van der Waals surface area (Å²) >= 11 is 0. The fourth-order valence-electron chi connectivity index (χ4n) is 4.46. The van der Waals surface area contributed by atoms with Gasteiger partial charge in [-0.3, -0.25) is 9.72 Å². The Morgan fingerprint density at radius 3 is 2.38 bits per heavy atom. The second-order valence-electron chi connectivity index (χ2n) is 8.90. The van der Waals surface area contributed by atoms with Gasteiger partial charge in [0.15, 0.2) is 6.10 Å². The maximum atomic E-state index is 13.0. The third-order valence-electron chi connectivity index (χ3n) is 6.31. The van der Waals surface area contributed by atoms with Crippen molar-refractivity contribution in [2.24, 2.45) is 0 Å². The Balaban J connectivity index is 1.56. The molecule has 0 saturated carbocycles. The second-order valence-corrected chi connectivity index (χ2v) is 8.90. The van der Waals surface area contributed by atoms with Gasteiger partial charge in [-0.1, -0.05) is 66.7 Å². The number of amides is 1. The van der Waals surface area contributed by atoms with Gasteiger partial charge in [0.1, 0.15) is 5.65 Å². The van der Waals surface area contributed by atoms with Crippen molar-refractivity contribution in [1.29, 1.82) is 0 Å². The Kier molecular flexibility index (Phi) is 7.27. The smallest absolute Gasteiger partial charge is 0.412 e. The number of carboxylic acid groups (broad SMARTS) is 1. The number of aryl methyl sites for hydroxylation is 1. The Hall–Kier alpha value is -5.11. The third-order valence-corrected chi connectivity index (χ3v) is 6.31. The van der Waals surface area contributed by atoms with Crippen LogP contribution < -0.4 is 10.1 Å². The van der Waals surface area contributed by atoms with Crippen LogP contribution in [0.4, 0.5) is 10.5 Å². The van der Waals surface area contributed by atoms with Gasteiger partial charge in [0.2, 0.25) is 5.88 Å². The van der Waals surface area contributed by atoms with E-state index in [0.717, 1.165) is 11.1 Å². The lowest BCUT2D eigenvalue weighted by atomic mass is 9.97. The van der Waals surface area contributed by atoms with E-state index in [9.17, 15) is 14.7 Å². The molecule has 0 aliphatic heterocycles. The highest BCUT2D eigenvalue weighted by Crippen LogP contribution is 2.32. The molecule has 0 saturated heterocycles. The Morgan fingerprint density at radius 1 is 0.949 bits per heavy atom. The number of imidazole rings is 1. The van der Waals surface area contributed by atoms with Crippen molar-refractivity contribution >= 4 is 23.4 Å². The number of ether oxygens (including phenoxy) is 2.